The van der Waals surface area contributed by atoms with E-state index in [1.807, 2.05) is 0 Å². The van der Waals surface area contributed by atoms with Crippen molar-refractivity contribution in [3.8, 4) is 0 Å². The summed E-state index contributed by atoms with van der Waals surface area (Å²) in [5, 5.41) is 9.31. The molecule has 1 nitrogen and oxygen atoms in total. The van der Waals surface area contributed by atoms with Gasteiger partial charge in [0.05, 0.1) is 12.2 Å². The Labute approximate surface area is 91.9 Å². The molecule has 88 valence electrons. The molecule has 1 aromatic rings. The number of rotatable bonds is 2. The van der Waals surface area contributed by atoms with Crippen molar-refractivity contribution in [1.29, 1.82) is 0 Å². The summed E-state index contributed by atoms with van der Waals surface area (Å²) in [5.74, 6) is 0. The van der Waals surface area contributed by atoms with Gasteiger partial charge in [-0.2, -0.15) is 13.2 Å². The van der Waals surface area contributed by atoms with E-state index in [2.05, 4.69) is 0 Å². The van der Waals surface area contributed by atoms with Crippen LogP contribution in [-0.4, -0.2) is 11.7 Å². The number of hydrogen-bond acceptors (Lipinski definition) is 1. The fraction of sp³-hybridized carbons (Fsp3) is 0.500. The van der Waals surface area contributed by atoms with Crippen molar-refractivity contribution in [2.24, 2.45) is 0 Å². The Kier molecular flexibility index (Phi) is 2.70. The topological polar surface area (TPSA) is 20.2 Å². The van der Waals surface area contributed by atoms with Crippen molar-refractivity contribution in [3.63, 3.8) is 0 Å². The first-order valence-corrected chi connectivity index (χ1v) is 5.27. The predicted octanol–water partition coefficient (Wildman–Crippen LogP) is 3.12. The molecule has 0 radical (unpaired) electrons. The molecule has 0 atom stereocenters. The second-order valence-corrected chi connectivity index (χ2v) is 4.34. The lowest BCUT2D eigenvalue weighted by Crippen LogP contribution is -2.39. The average Bonchev–Trinajstić information content (AvgIpc) is 2.16. The van der Waals surface area contributed by atoms with Gasteiger partial charge in [0.1, 0.15) is 0 Å². The van der Waals surface area contributed by atoms with Crippen LogP contribution in [0.15, 0.2) is 24.3 Å². The minimum absolute atomic E-state index is 0.208. The van der Waals surface area contributed by atoms with Gasteiger partial charge < -0.3 is 5.11 Å². The van der Waals surface area contributed by atoms with Crippen LogP contribution in [0, 0.1) is 0 Å². The average molecular weight is 230 g/mol. The minimum atomic E-state index is -4.34. The van der Waals surface area contributed by atoms with Crippen LogP contribution in [-0.2, 0) is 11.6 Å². The summed E-state index contributed by atoms with van der Waals surface area (Å²) in [5.41, 5.74) is -1.02. The highest BCUT2D eigenvalue weighted by molar-refractivity contribution is 5.38. The Bertz CT molecular complexity index is 375. The van der Waals surface area contributed by atoms with Crippen molar-refractivity contribution in [2.45, 2.75) is 30.9 Å². The van der Waals surface area contributed by atoms with Gasteiger partial charge in [0.15, 0.2) is 0 Å². The number of benzene rings is 1. The summed E-state index contributed by atoms with van der Waals surface area (Å²) in [6.07, 6.45) is -2.19. The van der Waals surface area contributed by atoms with Crippen LogP contribution in [0.2, 0.25) is 0 Å². The Hall–Kier alpha value is -1.03. The molecule has 1 N–H and O–H groups in total. The fourth-order valence-corrected chi connectivity index (χ4v) is 2.31. The van der Waals surface area contributed by atoms with Crippen LogP contribution in [0.3, 0.4) is 0 Å². The zero-order valence-corrected chi connectivity index (χ0v) is 8.72. The van der Waals surface area contributed by atoms with Crippen LogP contribution in [0.25, 0.3) is 0 Å². The van der Waals surface area contributed by atoms with Crippen LogP contribution >= 0.6 is 0 Å². The molecule has 16 heavy (non-hydrogen) atoms. The van der Waals surface area contributed by atoms with Crippen molar-refractivity contribution in [2.75, 3.05) is 6.61 Å². The van der Waals surface area contributed by atoms with Gasteiger partial charge in [-0.05, 0) is 24.5 Å². The molecular formula is C12H13F3O. The lowest BCUT2D eigenvalue weighted by molar-refractivity contribution is -0.139. The predicted molar refractivity (Wildman–Crippen MR) is 54.1 cm³/mol. The van der Waals surface area contributed by atoms with Gasteiger partial charge in [0.25, 0.3) is 0 Å². The van der Waals surface area contributed by atoms with Gasteiger partial charge in [0.2, 0.25) is 0 Å². The molecule has 0 spiro atoms. The molecule has 1 fully saturated rings. The Balaban J connectivity index is 2.48. The fourth-order valence-electron chi connectivity index (χ4n) is 2.31. The third-order valence-corrected chi connectivity index (χ3v) is 3.42. The molecule has 0 amide bonds. The maximum atomic E-state index is 12.8. The maximum Gasteiger partial charge on any atom is 0.416 e. The molecule has 0 aromatic heterocycles. The van der Waals surface area contributed by atoms with E-state index in [-0.39, 0.29) is 12.2 Å². The molecule has 4 heteroatoms. The Morgan fingerprint density at radius 2 is 1.81 bits per heavy atom. The highest BCUT2D eigenvalue weighted by atomic mass is 19.4. The number of alkyl halides is 3. The molecule has 1 aromatic carbocycles. The molecule has 0 unspecified atom stereocenters. The Morgan fingerprint density at radius 1 is 1.19 bits per heavy atom. The van der Waals surface area contributed by atoms with Gasteiger partial charge in [-0.1, -0.05) is 24.6 Å². The lowest BCUT2D eigenvalue weighted by Gasteiger charge is -2.42. The molecule has 0 saturated heterocycles. The van der Waals surface area contributed by atoms with Gasteiger partial charge >= 0.3 is 6.18 Å². The lowest BCUT2D eigenvalue weighted by atomic mass is 9.64. The second-order valence-electron chi connectivity index (χ2n) is 4.34. The zero-order valence-electron chi connectivity index (χ0n) is 8.72. The largest absolute Gasteiger partial charge is 0.416 e. The van der Waals surface area contributed by atoms with E-state index in [9.17, 15) is 18.3 Å². The SMILES string of the molecule is OCC1(c2ccccc2C(F)(F)F)CCC1. The number of halogens is 3. The molecular weight excluding hydrogens is 217 g/mol. The van der Waals surface area contributed by atoms with E-state index in [1.54, 1.807) is 6.07 Å². The highest BCUT2D eigenvalue weighted by Gasteiger charge is 2.44. The van der Waals surface area contributed by atoms with E-state index >= 15 is 0 Å². The van der Waals surface area contributed by atoms with E-state index in [0.717, 1.165) is 12.5 Å². The molecule has 1 saturated carbocycles. The number of aliphatic hydroxyl groups is 1. The zero-order chi connectivity index (χ0) is 11.8. The van der Waals surface area contributed by atoms with E-state index in [4.69, 9.17) is 0 Å². The smallest absolute Gasteiger partial charge is 0.395 e. The number of hydrogen-bond donors (Lipinski definition) is 1. The van der Waals surface area contributed by atoms with Gasteiger partial charge in [-0.25, -0.2) is 0 Å². The summed E-state index contributed by atoms with van der Waals surface area (Å²) in [4.78, 5) is 0. The van der Waals surface area contributed by atoms with Crippen LogP contribution in [0.1, 0.15) is 30.4 Å². The van der Waals surface area contributed by atoms with Crippen LogP contribution in [0.5, 0.6) is 0 Å². The third-order valence-electron chi connectivity index (χ3n) is 3.42. The van der Waals surface area contributed by atoms with Crippen molar-refractivity contribution in [1.82, 2.24) is 0 Å². The number of aliphatic hydroxyl groups excluding tert-OH is 1. The Morgan fingerprint density at radius 3 is 2.25 bits per heavy atom. The summed E-state index contributed by atoms with van der Waals surface area (Å²) in [6, 6.07) is 5.56. The molecule has 0 bridgehead atoms. The van der Waals surface area contributed by atoms with Crippen molar-refractivity contribution < 1.29 is 18.3 Å². The van der Waals surface area contributed by atoms with Gasteiger partial charge in [0, 0.05) is 5.41 Å². The first-order chi connectivity index (χ1) is 7.49. The summed E-state index contributed by atoms with van der Waals surface area (Å²) in [7, 11) is 0. The molecule has 1 aliphatic rings. The monoisotopic (exact) mass is 230 g/mol. The standard InChI is InChI=1S/C12H13F3O/c13-12(14,15)10-5-2-1-4-9(10)11(8-16)6-3-7-11/h1-2,4-5,16H,3,6-8H2. The highest BCUT2D eigenvalue weighted by Crippen LogP contribution is 2.47. The summed E-state index contributed by atoms with van der Waals surface area (Å²) >= 11 is 0. The van der Waals surface area contributed by atoms with Gasteiger partial charge in [-0.15, -0.1) is 0 Å². The molecule has 1 aliphatic carbocycles. The van der Waals surface area contributed by atoms with Gasteiger partial charge in [-0.3, -0.25) is 0 Å². The van der Waals surface area contributed by atoms with Crippen molar-refractivity contribution in [3.05, 3.63) is 35.4 Å². The van der Waals surface area contributed by atoms with E-state index in [1.165, 1.54) is 12.1 Å². The first-order valence-electron chi connectivity index (χ1n) is 5.27. The molecule has 0 heterocycles. The molecule has 2 rings (SSSR count). The van der Waals surface area contributed by atoms with E-state index < -0.39 is 17.2 Å². The minimum Gasteiger partial charge on any atom is -0.395 e. The van der Waals surface area contributed by atoms with Crippen molar-refractivity contribution >= 4 is 0 Å². The summed E-state index contributed by atoms with van der Waals surface area (Å²) in [6.45, 7) is -0.208. The summed E-state index contributed by atoms with van der Waals surface area (Å²) < 4.78 is 38.4. The van der Waals surface area contributed by atoms with Crippen LogP contribution < -0.4 is 0 Å². The van der Waals surface area contributed by atoms with E-state index in [0.29, 0.717) is 12.8 Å². The second kappa shape index (κ2) is 3.77. The maximum absolute atomic E-state index is 12.8. The quantitative estimate of drug-likeness (QED) is 0.827. The normalized spacial score (nSPS) is 19.2. The molecule has 0 aliphatic heterocycles. The third kappa shape index (κ3) is 1.71. The first kappa shape index (κ1) is 11.5. The van der Waals surface area contributed by atoms with Crippen LogP contribution in [0.4, 0.5) is 13.2 Å².